The van der Waals surface area contributed by atoms with Crippen LogP contribution in [0.3, 0.4) is 0 Å². The molecule has 0 fully saturated rings. The number of hydrogen-bond acceptors (Lipinski definition) is 4. The number of hydrogen-bond donors (Lipinski definition) is 1. The third-order valence-corrected chi connectivity index (χ3v) is 4.68. The van der Waals surface area contributed by atoms with Gasteiger partial charge in [0.05, 0.1) is 12.3 Å². The van der Waals surface area contributed by atoms with Gasteiger partial charge < -0.3 is 15.2 Å². The van der Waals surface area contributed by atoms with Crippen LogP contribution in [0, 0.1) is 6.92 Å². The highest BCUT2D eigenvalue weighted by molar-refractivity contribution is 5.94. The molecule has 3 aromatic rings. The summed E-state index contributed by atoms with van der Waals surface area (Å²) in [7, 11) is 0. The van der Waals surface area contributed by atoms with Gasteiger partial charge >= 0.3 is 0 Å². The number of aryl methyl sites for hydroxylation is 1. The number of pyridine rings is 1. The molecule has 0 radical (unpaired) electrons. The largest absolute Gasteiger partial charge is 0.493 e. The van der Waals surface area contributed by atoms with Crippen molar-refractivity contribution in [1.82, 2.24) is 4.98 Å². The number of carbonyl (C=O) groups is 1. The van der Waals surface area contributed by atoms with Gasteiger partial charge in [-0.2, -0.15) is 0 Å². The molecule has 0 unspecified atom stereocenters. The second-order valence-electron chi connectivity index (χ2n) is 6.60. The molecule has 0 atom stereocenters. The van der Waals surface area contributed by atoms with Crippen molar-refractivity contribution in [2.45, 2.75) is 20.0 Å². The lowest BCUT2D eigenvalue weighted by molar-refractivity contribution is 0.0999. The van der Waals surface area contributed by atoms with E-state index in [2.05, 4.69) is 4.98 Å². The van der Waals surface area contributed by atoms with Crippen LogP contribution in [0.5, 0.6) is 11.5 Å². The van der Waals surface area contributed by atoms with Gasteiger partial charge in [0.2, 0.25) is 5.91 Å². The Bertz CT molecular complexity index is 1010. The maximum Gasteiger partial charge on any atom is 0.248 e. The van der Waals surface area contributed by atoms with Crippen molar-refractivity contribution in [2.24, 2.45) is 5.73 Å². The highest BCUT2D eigenvalue weighted by Gasteiger charge is 2.13. The quantitative estimate of drug-likeness (QED) is 0.753. The van der Waals surface area contributed by atoms with E-state index in [-0.39, 0.29) is 0 Å². The molecule has 2 heterocycles. The van der Waals surface area contributed by atoms with Crippen LogP contribution < -0.4 is 15.2 Å². The normalized spacial score (nSPS) is 12.3. The zero-order chi connectivity index (χ0) is 18.8. The van der Waals surface area contributed by atoms with Crippen LogP contribution in [0.1, 0.15) is 27.0 Å². The minimum atomic E-state index is -0.422. The molecule has 1 aromatic heterocycles. The Morgan fingerprint density at radius 1 is 1.19 bits per heavy atom. The predicted molar refractivity (Wildman–Crippen MR) is 103 cm³/mol. The molecule has 1 aliphatic heterocycles. The van der Waals surface area contributed by atoms with Crippen LogP contribution >= 0.6 is 0 Å². The van der Waals surface area contributed by atoms with Gasteiger partial charge in [0, 0.05) is 29.3 Å². The zero-order valence-corrected chi connectivity index (χ0v) is 15.1. The van der Waals surface area contributed by atoms with Crippen molar-refractivity contribution in [3.05, 3.63) is 77.0 Å². The van der Waals surface area contributed by atoms with E-state index >= 15 is 0 Å². The van der Waals surface area contributed by atoms with E-state index in [1.807, 2.05) is 49.4 Å². The molecule has 2 N–H and O–H groups in total. The topological polar surface area (TPSA) is 74.4 Å². The Morgan fingerprint density at radius 2 is 2.07 bits per heavy atom. The fourth-order valence-electron chi connectivity index (χ4n) is 3.24. The molecule has 1 amide bonds. The van der Waals surface area contributed by atoms with Crippen LogP contribution in [-0.4, -0.2) is 17.5 Å². The molecule has 0 saturated heterocycles. The summed E-state index contributed by atoms with van der Waals surface area (Å²) < 4.78 is 11.5. The lowest BCUT2D eigenvalue weighted by atomic mass is 10.0. The molecule has 0 saturated carbocycles. The Hall–Kier alpha value is -3.34. The number of ether oxygens (including phenoxy) is 2. The van der Waals surface area contributed by atoms with E-state index in [0.29, 0.717) is 12.2 Å². The second kappa shape index (κ2) is 7.11. The summed E-state index contributed by atoms with van der Waals surface area (Å²) in [6.45, 7) is 3.06. The van der Waals surface area contributed by atoms with Crippen LogP contribution in [0.4, 0.5) is 0 Å². The van der Waals surface area contributed by atoms with E-state index in [0.717, 1.165) is 46.9 Å². The first kappa shape index (κ1) is 17.1. The molecule has 0 bridgehead atoms. The smallest absolute Gasteiger partial charge is 0.248 e. The van der Waals surface area contributed by atoms with Gasteiger partial charge in [-0.25, -0.2) is 0 Å². The summed E-state index contributed by atoms with van der Waals surface area (Å²) in [6.07, 6.45) is 2.69. The van der Waals surface area contributed by atoms with Crippen LogP contribution in [0.2, 0.25) is 0 Å². The van der Waals surface area contributed by atoms with Crippen molar-refractivity contribution in [3.63, 3.8) is 0 Å². The molecule has 1 aliphatic rings. The van der Waals surface area contributed by atoms with E-state index in [1.54, 1.807) is 12.3 Å². The highest BCUT2D eigenvalue weighted by atomic mass is 16.5. The summed E-state index contributed by atoms with van der Waals surface area (Å²) in [5.41, 5.74) is 10.7. The molecule has 27 heavy (non-hydrogen) atoms. The average molecular weight is 360 g/mol. The van der Waals surface area contributed by atoms with E-state index < -0.39 is 5.91 Å². The van der Waals surface area contributed by atoms with Crippen molar-refractivity contribution >= 4 is 5.91 Å². The summed E-state index contributed by atoms with van der Waals surface area (Å²) in [5, 5.41) is 0. The van der Waals surface area contributed by atoms with Crippen molar-refractivity contribution < 1.29 is 14.3 Å². The lowest BCUT2D eigenvalue weighted by Gasteiger charge is -2.10. The molecule has 0 aliphatic carbocycles. The number of aromatic nitrogens is 1. The summed E-state index contributed by atoms with van der Waals surface area (Å²) in [4.78, 5) is 15.8. The average Bonchev–Trinajstić information content (AvgIpc) is 3.14. The molecular formula is C22H20N2O3. The molecule has 5 heteroatoms. The molecule has 136 valence electrons. The number of nitrogens with zero attached hydrogens (tertiary/aromatic N) is 1. The molecule has 5 nitrogen and oxygen atoms in total. The van der Waals surface area contributed by atoms with Gasteiger partial charge in [0.25, 0.3) is 0 Å². The third-order valence-electron chi connectivity index (χ3n) is 4.68. The Kier molecular flexibility index (Phi) is 4.50. The zero-order valence-electron chi connectivity index (χ0n) is 15.1. The molecular weight excluding hydrogens is 340 g/mol. The first-order chi connectivity index (χ1) is 13.1. The third kappa shape index (κ3) is 3.62. The fraction of sp³-hybridized carbons (Fsp3) is 0.182. The first-order valence-electron chi connectivity index (χ1n) is 8.84. The van der Waals surface area contributed by atoms with Crippen molar-refractivity contribution in [2.75, 3.05) is 6.61 Å². The van der Waals surface area contributed by atoms with Gasteiger partial charge in [-0.1, -0.05) is 6.07 Å². The summed E-state index contributed by atoms with van der Waals surface area (Å²) in [6, 6.07) is 15.4. The monoisotopic (exact) mass is 360 g/mol. The van der Waals surface area contributed by atoms with E-state index in [1.165, 1.54) is 5.56 Å². The number of carbonyl (C=O) groups excluding carboxylic acids is 1. The lowest BCUT2D eigenvalue weighted by Crippen LogP contribution is -2.12. The maximum atomic E-state index is 11.4. The predicted octanol–water partition coefficient (Wildman–Crippen LogP) is 3.67. The Morgan fingerprint density at radius 3 is 2.89 bits per heavy atom. The number of benzene rings is 2. The highest BCUT2D eigenvalue weighted by Crippen LogP contribution is 2.29. The van der Waals surface area contributed by atoms with Gasteiger partial charge in [-0.15, -0.1) is 0 Å². The van der Waals surface area contributed by atoms with E-state index in [4.69, 9.17) is 15.2 Å². The standard InChI is InChI=1S/C22H20N2O3/c1-14-10-16(2-4-19(14)22(23)25)20-11-15(6-8-24-20)13-27-18-3-5-21-17(12-18)7-9-26-21/h2-6,8,10-12H,7,9,13H2,1H3,(H2,23,25). The van der Waals surface area contributed by atoms with Crippen LogP contribution in [0.25, 0.3) is 11.3 Å². The number of fused-ring (bicyclic) bond motifs is 1. The van der Waals surface area contributed by atoms with Crippen molar-refractivity contribution in [3.8, 4) is 22.8 Å². The van der Waals surface area contributed by atoms with Gasteiger partial charge in [0.15, 0.2) is 0 Å². The Balaban J connectivity index is 1.51. The second-order valence-corrected chi connectivity index (χ2v) is 6.60. The maximum absolute atomic E-state index is 11.4. The minimum absolute atomic E-state index is 0.422. The summed E-state index contributed by atoms with van der Waals surface area (Å²) in [5.74, 6) is 1.36. The Labute approximate surface area is 157 Å². The van der Waals surface area contributed by atoms with E-state index in [9.17, 15) is 4.79 Å². The number of primary amides is 1. The fourth-order valence-corrected chi connectivity index (χ4v) is 3.24. The van der Waals surface area contributed by atoms with Gasteiger partial charge in [-0.3, -0.25) is 9.78 Å². The molecule has 0 spiro atoms. The first-order valence-corrected chi connectivity index (χ1v) is 8.84. The van der Waals surface area contributed by atoms with Gasteiger partial charge in [-0.05, 0) is 60.5 Å². The molecule has 2 aromatic carbocycles. The number of nitrogens with two attached hydrogens (primary N) is 1. The minimum Gasteiger partial charge on any atom is -0.493 e. The van der Waals surface area contributed by atoms with Crippen LogP contribution in [-0.2, 0) is 13.0 Å². The molecule has 4 rings (SSSR count). The SMILES string of the molecule is Cc1cc(-c2cc(COc3ccc4c(c3)CCO4)ccn2)ccc1C(N)=O. The number of rotatable bonds is 5. The summed E-state index contributed by atoms with van der Waals surface area (Å²) >= 11 is 0. The van der Waals surface area contributed by atoms with Crippen molar-refractivity contribution in [1.29, 1.82) is 0 Å². The van der Waals surface area contributed by atoms with Crippen LogP contribution in [0.15, 0.2) is 54.7 Å². The van der Waals surface area contributed by atoms with Gasteiger partial charge in [0.1, 0.15) is 18.1 Å². The number of amides is 1.